The van der Waals surface area contributed by atoms with Gasteiger partial charge in [-0.15, -0.1) is 0 Å². The zero-order valence-electron chi connectivity index (χ0n) is 10.2. The molecule has 0 bridgehead atoms. The molecule has 1 aromatic carbocycles. The quantitative estimate of drug-likeness (QED) is 0.836. The van der Waals surface area contributed by atoms with Crippen LogP contribution in [-0.2, 0) is 0 Å². The molecule has 0 aromatic heterocycles. The lowest BCUT2D eigenvalue weighted by Gasteiger charge is -2.46. The largest absolute Gasteiger partial charge is 0.365 e. The summed E-state index contributed by atoms with van der Waals surface area (Å²) in [5.74, 6) is -0.380. The highest BCUT2D eigenvalue weighted by Crippen LogP contribution is 2.33. The maximum absolute atomic E-state index is 13.2. The minimum atomic E-state index is -0.380. The smallest absolute Gasteiger partial charge is 0.141 e. The van der Waals surface area contributed by atoms with Gasteiger partial charge in [-0.3, -0.25) is 0 Å². The predicted molar refractivity (Wildman–Crippen MR) is 70.0 cm³/mol. The van der Waals surface area contributed by atoms with Gasteiger partial charge in [-0.25, -0.2) is 4.39 Å². The number of anilines is 1. The fraction of sp³-hybridized carbons (Fsp3) is 0.538. The second-order valence-electron chi connectivity index (χ2n) is 5.32. The van der Waals surface area contributed by atoms with E-state index in [0.717, 1.165) is 25.1 Å². The van der Waals surface area contributed by atoms with Gasteiger partial charge >= 0.3 is 0 Å². The van der Waals surface area contributed by atoms with Crippen LogP contribution in [0.2, 0.25) is 5.02 Å². The maximum Gasteiger partial charge on any atom is 0.141 e. The Kier molecular flexibility index (Phi) is 3.32. The van der Waals surface area contributed by atoms with E-state index < -0.39 is 0 Å². The molecule has 1 atom stereocenters. The highest BCUT2D eigenvalue weighted by Gasteiger charge is 2.33. The first-order chi connectivity index (χ1) is 7.90. The van der Waals surface area contributed by atoms with E-state index in [1.54, 1.807) is 12.1 Å². The van der Waals surface area contributed by atoms with E-state index in [-0.39, 0.29) is 22.4 Å². The summed E-state index contributed by atoms with van der Waals surface area (Å²) in [6, 6.07) is 5.03. The minimum Gasteiger partial charge on any atom is -0.365 e. The number of nitrogens with two attached hydrogens (primary N) is 1. The lowest BCUT2D eigenvalue weighted by molar-refractivity contribution is 0.335. The Balaban J connectivity index is 2.33. The van der Waals surface area contributed by atoms with Crippen LogP contribution < -0.4 is 10.6 Å². The van der Waals surface area contributed by atoms with Crippen LogP contribution in [0.4, 0.5) is 10.1 Å². The van der Waals surface area contributed by atoms with E-state index in [2.05, 4.69) is 18.7 Å². The van der Waals surface area contributed by atoms with E-state index in [1.165, 1.54) is 6.07 Å². The molecule has 2 nitrogen and oxygen atoms in total. The Hall–Kier alpha value is -0.800. The predicted octanol–water partition coefficient (Wildman–Crippen LogP) is 3.19. The van der Waals surface area contributed by atoms with Gasteiger partial charge in [0.2, 0.25) is 0 Å². The Bertz CT molecular complexity index is 420. The first-order valence-electron chi connectivity index (χ1n) is 5.88. The van der Waals surface area contributed by atoms with Crippen LogP contribution in [0.5, 0.6) is 0 Å². The third-order valence-corrected chi connectivity index (χ3v) is 3.78. The second kappa shape index (κ2) is 4.46. The van der Waals surface area contributed by atoms with E-state index in [1.807, 2.05) is 0 Å². The van der Waals surface area contributed by atoms with Gasteiger partial charge in [0.05, 0.1) is 5.02 Å². The lowest BCUT2D eigenvalue weighted by atomic mass is 9.88. The van der Waals surface area contributed by atoms with Crippen LogP contribution in [0.1, 0.15) is 26.7 Å². The molecule has 0 aliphatic carbocycles. The molecule has 17 heavy (non-hydrogen) atoms. The molecule has 1 aliphatic rings. The first kappa shape index (κ1) is 12.7. The summed E-state index contributed by atoms with van der Waals surface area (Å²) in [5, 5.41) is 0.164. The van der Waals surface area contributed by atoms with Crippen LogP contribution in [0, 0.1) is 5.82 Å². The molecule has 1 aromatic rings. The number of rotatable bonds is 1. The third kappa shape index (κ3) is 2.55. The van der Waals surface area contributed by atoms with Crippen molar-refractivity contribution < 1.29 is 4.39 Å². The highest BCUT2D eigenvalue weighted by molar-refractivity contribution is 6.31. The van der Waals surface area contributed by atoms with Gasteiger partial charge in [0, 0.05) is 23.8 Å². The summed E-state index contributed by atoms with van der Waals surface area (Å²) in [6.45, 7) is 5.14. The fourth-order valence-corrected chi connectivity index (χ4v) is 2.53. The minimum absolute atomic E-state index is 0.0387. The van der Waals surface area contributed by atoms with Crippen LogP contribution in [0.25, 0.3) is 0 Å². The molecular weight excluding hydrogens is 239 g/mol. The van der Waals surface area contributed by atoms with Gasteiger partial charge in [-0.05, 0) is 44.9 Å². The van der Waals surface area contributed by atoms with Crippen molar-refractivity contribution in [3.8, 4) is 0 Å². The van der Waals surface area contributed by atoms with E-state index in [0.29, 0.717) is 0 Å². The summed E-state index contributed by atoms with van der Waals surface area (Å²) >= 11 is 5.83. The number of halogens is 2. The van der Waals surface area contributed by atoms with Gasteiger partial charge in [-0.2, -0.15) is 0 Å². The summed E-state index contributed by atoms with van der Waals surface area (Å²) in [6.07, 6.45) is 2.06. The topological polar surface area (TPSA) is 29.3 Å². The second-order valence-corrected chi connectivity index (χ2v) is 5.73. The molecule has 1 saturated heterocycles. The number of hydrogen-bond donors (Lipinski definition) is 1. The Morgan fingerprint density at radius 2 is 2.18 bits per heavy atom. The highest BCUT2D eigenvalue weighted by atomic mass is 35.5. The molecule has 0 saturated carbocycles. The Morgan fingerprint density at radius 3 is 2.82 bits per heavy atom. The zero-order valence-corrected chi connectivity index (χ0v) is 11.0. The lowest BCUT2D eigenvalue weighted by Crippen LogP contribution is -2.54. The van der Waals surface area contributed by atoms with Gasteiger partial charge < -0.3 is 10.6 Å². The first-order valence-corrected chi connectivity index (χ1v) is 6.26. The molecular formula is C13H18ClFN2. The summed E-state index contributed by atoms with van der Waals surface area (Å²) < 4.78 is 13.2. The van der Waals surface area contributed by atoms with Crippen molar-refractivity contribution in [1.82, 2.24) is 0 Å². The monoisotopic (exact) mass is 256 g/mol. The molecule has 0 amide bonds. The van der Waals surface area contributed by atoms with Crippen molar-refractivity contribution >= 4 is 17.3 Å². The molecule has 2 N–H and O–H groups in total. The average Bonchev–Trinajstić information content (AvgIpc) is 2.26. The van der Waals surface area contributed by atoms with Gasteiger partial charge in [-0.1, -0.05) is 11.6 Å². The molecule has 4 heteroatoms. The van der Waals surface area contributed by atoms with Gasteiger partial charge in [0.15, 0.2) is 0 Å². The molecule has 0 spiro atoms. The summed E-state index contributed by atoms with van der Waals surface area (Å²) in [7, 11) is 0. The third-order valence-electron chi connectivity index (χ3n) is 3.49. The Morgan fingerprint density at radius 1 is 1.47 bits per heavy atom. The van der Waals surface area contributed by atoms with Crippen LogP contribution in [0.3, 0.4) is 0 Å². The molecule has 1 aliphatic heterocycles. The standard InChI is InChI=1S/C13H18ClFN2/c1-13(2)6-5-9(16)8-17(13)10-3-4-12(15)11(14)7-10/h3-4,7,9H,5-6,8,16H2,1-2H3. The maximum atomic E-state index is 13.2. The van der Waals surface area contributed by atoms with Crippen molar-refractivity contribution in [2.75, 3.05) is 11.4 Å². The summed E-state index contributed by atoms with van der Waals surface area (Å²) in [4.78, 5) is 2.21. The van der Waals surface area contributed by atoms with Crippen molar-refractivity contribution in [2.24, 2.45) is 5.73 Å². The molecule has 1 unspecified atom stereocenters. The van der Waals surface area contributed by atoms with Crippen molar-refractivity contribution in [3.05, 3.63) is 29.0 Å². The number of piperidine rings is 1. The van der Waals surface area contributed by atoms with Crippen molar-refractivity contribution in [3.63, 3.8) is 0 Å². The van der Waals surface area contributed by atoms with E-state index in [9.17, 15) is 4.39 Å². The normalized spacial score (nSPS) is 23.8. The number of benzene rings is 1. The van der Waals surface area contributed by atoms with E-state index in [4.69, 9.17) is 17.3 Å². The SMILES string of the molecule is CC1(C)CCC(N)CN1c1ccc(F)c(Cl)c1. The van der Waals surface area contributed by atoms with Crippen LogP contribution in [-0.4, -0.2) is 18.1 Å². The fourth-order valence-electron chi connectivity index (χ4n) is 2.35. The molecule has 1 fully saturated rings. The molecule has 94 valence electrons. The van der Waals surface area contributed by atoms with Crippen LogP contribution in [0.15, 0.2) is 18.2 Å². The van der Waals surface area contributed by atoms with Crippen LogP contribution >= 0.6 is 11.6 Å². The Labute approximate surface area is 107 Å². The van der Waals surface area contributed by atoms with Crippen molar-refractivity contribution in [2.45, 2.75) is 38.3 Å². The molecule has 2 rings (SSSR count). The average molecular weight is 257 g/mol. The van der Waals surface area contributed by atoms with E-state index >= 15 is 0 Å². The summed E-state index contributed by atoms with van der Waals surface area (Å²) in [5.41, 5.74) is 6.98. The molecule has 0 radical (unpaired) electrons. The number of nitrogens with zero attached hydrogens (tertiary/aromatic N) is 1. The number of hydrogen-bond acceptors (Lipinski definition) is 2. The van der Waals surface area contributed by atoms with Gasteiger partial charge in [0.1, 0.15) is 5.82 Å². The molecule has 1 heterocycles. The van der Waals surface area contributed by atoms with Crippen molar-refractivity contribution in [1.29, 1.82) is 0 Å². The zero-order chi connectivity index (χ0) is 12.6. The van der Waals surface area contributed by atoms with Gasteiger partial charge in [0.25, 0.3) is 0 Å².